The summed E-state index contributed by atoms with van der Waals surface area (Å²) in [6.07, 6.45) is 6.37. The number of fused-ring (bicyclic) bond motifs is 5. The zero-order valence-electron chi connectivity index (χ0n) is 15.3. The Balaban J connectivity index is 0.000000815. The van der Waals surface area contributed by atoms with Crippen LogP contribution in [0.15, 0.2) is 12.1 Å². The molecule has 5 unspecified atom stereocenters. The molecule has 2 fully saturated rings. The van der Waals surface area contributed by atoms with Crippen molar-refractivity contribution in [3.8, 4) is 5.75 Å². The summed E-state index contributed by atoms with van der Waals surface area (Å²) in [5.41, 5.74) is 3.37. The molecule has 0 radical (unpaired) electrons. The highest BCUT2D eigenvalue weighted by Crippen LogP contribution is 2.61. The van der Waals surface area contributed by atoms with Crippen molar-refractivity contribution < 1.29 is 15.3 Å². The molecular weight excluding hydrogens is 300 g/mol. The van der Waals surface area contributed by atoms with Gasteiger partial charge < -0.3 is 15.3 Å². The van der Waals surface area contributed by atoms with Crippen molar-refractivity contribution in [3.05, 3.63) is 28.8 Å². The predicted octanol–water partition coefficient (Wildman–Crippen LogP) is 4.13. The molecule has 3 aliphatic rings. The Bertz CT molecular complexity index is 597. The highest BCUT2D eigenvalue weighted by atomic mass is 16.3. The van der Waals surface area contributed by atoms with E-state index in [1.54, 1.807) is 0 Å². The summed E-state index contributed by atoms with van der Waals surface area (Å²) in [4.78, 5) is 0. The van der Waals surface area contributed by atoms with Crippen LogP contribution in [0.1, 0.15) is 75.5 Å². The van der Waals surface area contributed by atoms with Crippen molar-refractivity contribution in [2.45, 2.75) is 77.9 Å². The van der Waals surface area contributed by atoms with Crippen molar-refractivity contribution in [1.82, 2.24) is 0 Å². The van der Waals surface area contributed by atoms with Gasteiger partial charge in [-0.3, -0.25) is 0 Å². The van der Waals surface area contributed by atoms with Gasteiger partial charge in [0, 0.05) is 5.56 Å². The summed E-state index contributed by atoms with van der Waals surface area (Å²) in [7, 11) is 0. The van der Waals surface area contributed by atoms with Crippen LogP contribution in [-0.4, -0.2) is 21.4 Å². The lowest BCUT2D eigenvalue weighted by Crippen LogP contribution is -2.43. The van der Waals surface area contributed by atoms with Crippen LogP contribution < -0.4 is 0 Å². The third-order valence-electron chi connectivity index (χ3n) is 7.04. The largest absolute Gasteiger partial charge is 0.508 e. The Morgan fingerprint density at radius 2 is 1.88 bits per heavy atom. The fourth-order valence-corrected chi connectivity index (χ4v) is 5.75. The number of aliphatic hydroxyl groups excluding tert-OH is 2. The van der Waals surface area contributed by atoms with Gasteiger partial charge in [-0.15, -0.1) is 0 Å². The lowest BCUT2D eigenvalue weighted by atomic mass is 9.55. The van der Waals surface area contributed by atoms with Crippen LogP contribution in [-0.2, 0) is 13.0 Å². The van der Waals surface area contributed by atoms with Crippen LogP contribution in [0.2, 0.25) is 0 Å². The maximum absolute atomic E-state index is 10.4. The van der Waals surface area contributed by atoms with Gasteiger partial charge >= 0.3 is 0 Å². The standard InChI is InChI=1S/C19H26O3.C2H6/c1-19-7-6-13-14(16(19)4-5-18(19)22)3-2-11-9-17(21)12(10-20)8-15(11)13;1-2/h8-9,13-14,16,18,20-22H,2-7,10H2,1H3;1-2H3. The van der Waals surface area contributed by atoms with Gasteiger partial charge in [-0.1, -0.05) is 20.8 Å². The van der Waals surface area contributed by atoms with E-state index in [1.807, 2.05) is 26.0 Å². The smallest absolute Gasteiger partial charge is 0.121 e. The number of benzene rings is 1. The minimum absolute atomic E-state index is 0.101. The lowest BCUT2D eigenvalue weighted by molar-refractivity contribution is -0.0226. The number of rotatable bonds is 1. The summed E-state index contributed by atoms with van der Waals surface area (Å²) in [6.45, 7) is 6.19. The molecule has 0 amide bonds. The van der Waals surface area contributed by atoms with Crippen LogP contribution in [0.4, 0.5) is 0 Å². The summed E-state index contributed by atoms with van der Waals surface area (Å²) in [5.74, 6) is 2.05. The zero-order valence-corrected chi connectivity index (χ0v) is 15.3. The Hall–Kier alpha value is -1.06. The lowest BCUT2D eigenvalue weighted by Gasteiger charge is -2.50. The van der Waals surface area contributed by atoms with Gasteiger partial charge in [0.2, 0.25) is 0 Å². The van der Waals surface area contributed by atoms with Gasteiger partial charge in [-0.2, -0.15) is 0 Å². The van der Waals surface area contributed by atoms with Crippen LogP contribution in [0.3, 0.4) is 0 Å². The van der Waals surface area contributed by atoms with E-state index in [9.17, 15) is 15.3 Å². The first-order valence-electron chi connectivity index (χ1n) is 9.68. The number of aryl methyl sites for hydroxylation is 1. The minimum atomic E-state index is -0.132. The number of phenols is 1. The second-order valence-corrected chi connectivity index (χ2v) is 7.89. The summed E-state index contributed by atoms with van der Waals surface area (Å²) < 4.78 is 0. The molecule has 0 bridgehead atoms. The van der Waals surface area contributed by atoms with Crippen molar-refractivity contribution >= 4 is 0 Å². The molecular formula is C21H32O3. The minimum Gasteiger partial charge on any atom is -0.508 e. The number of aromatic hydroxyl groups is 1. The molecule has 2 saturated carbocycles. The highest BCUT2D eigenvalue weighted by molar-refractivity contribution is 5.45. The summed E-state index contributed by atoms with van der Waals surface area (Å²) >= 11 is 0. The molecule has 0 aliphatic heterocycles. The Morgan fingerprint density at radius 1 is 1.12 bits per heavy atom. The maximum Gasteiger partial charge on any atom is 0.121 e. The first kappa shape index (κ1) is 17.8. The van der Waals surface area contributed by atoms with Gasteiger partial charge in [0.1, 0.15) is 5.75 Å². The molecule has 3 N–H and O–H groups in total. The molecule has 134 valence electrons. The molecule has 0 saturated heterocycles. The normalized spacial score (nSPS) is 36.9. The molecule has 3 nitrogen and oxygen atoms in total. The number of hydrogen-bond acceptors (Lipinski definition) is 3. The van der Waals surface area contributed by atoms with E-state index in [-0.39, 0.29) is 23.9 Å². The summed E-state index contributed by atoms with van der Waals surface area (Å²) in [6, 6.07) is 3.91. The van der Waals surface area contributed by atoms with E-state index < -0.39 is 0 Å². The molecule has 0 heterocycles. The van der Waals surface area contributed by atoms with Crippen LogP contribution in [0.5, 0.6) is 5.75 Å². The molecule has 3 aliphatic carbocycles. The topological polar surface area (TPSA) is 60.7 Å². The Labute approximate surface area is 145 Å². The van der Waals surface area contributed by atoms with Crippen LogP contribution in [0, 0.1) is 17.3 Å². The second-order valence-electron chi connectivity index (χ2n) is 7.89. The van der Waals surface area contributed by atoms with E-state index in [0.717, 1.165) is 32.1 Å². The summed E-state index contributed by atoms with van der Waals surface area (Å²) in [5, 5.41) is 29.9. The molecule has 0 aromatic heterocycles. The molecule has 3 heteroatoms. The van der Waals surface area contributed by atoms with Crippen molar-refractivity contribution in [1.29, 1.82) is 0 Å². The fraction of sp³-hybridized carbons (Fsp3) is 0.714. The first-order chi connectivity index (χ1) is 11.5. The molecule has 24 heavy (non-hydrogen) atoms. The van der Waals surface area contributed by atoms with E-state index >= 15 is 0 Å². The van der Waals surface area contributed by atoms with Gasteiger partial charge in [0.25, 0.3) is 0 Å². The first-order valence-corrected chi connectivity index (χ1v) is 9.68. The van der Waals surface area contributed by atoms with Gasteiger partial charge in [-0.25, -0.2) is 0 Å². The fourth-order valence-electron chi connectivity index (χ4n) is 5.75. The zero-order chi connectivity index (χ0) is 17.5. The SMILES string of the molecule is CC.CC12CCC3c4cc(CO)c(O)cc4CCC3C1CCC2O. The van der Waals surface area contributed by atoms with Crippen molar-refractivity contribution in [2.24, 2.45) is 17.3 Å². The molecule has 5 atom stereocenters. The maximum atomic E-state index is 10.4. The Kier molecular flexibility index (Phi) is 4.94. The third kappa shape index (κ3) is 2.57. The van der Waals surface area contributed by atoms with Gasteiger partial charge in [0.05, 0.1) is 12.7 Å². The second kappa shape index (κ2) is 6.68. The quantitative estimate of drug-likeness (QED) is 0.725. The number of aliphatic hydroxyl groups is 2. The number of hydrogen-bond donors (Lipinski definition) is 3. The van der Waals surface area contributed by atoms with Gasteiger partial charge in [0.15, 0.2) is 0 Å². The van der Waals surface area contributed by atoms with Crippen molar-refractivity contribution in [2.75, 3.05) is 0 Å². The van der Waals surface area contributed by atoms with E-state index in [2.05, 4.69) is 6.92 Å². The highest BCUT2D eigenvalue weighted by Gasteiger charge is 2.54. The van der Waals surface area contributed by atoms with Crippen LogP contribution in [0.25, 0.3) is 0 Å². The molecule has 0 spiro atoms. The van der Waals surface area contributed by atoms with Gasteiger partial charge in [-0.05, 0) is 85.0 Å². The molecule has 1 aromatic rings. The average molecular weight is 332 g/mol. The molecule has 1 aromatic carbocycles. The third-order valence-corrected chi connectivity index (χ3v) is 7.04. The van der Waals surface area contributed by atoms with E-state index in [4.69, 9.17) is 0 Å². The molecule has 4 rings (SSSR count). The predicted molar refractivity (Wildman–Crippen MR) is 96.0 cm³/mol. The average Bonchev–Trinajstić information content (AvgIpc) is 2.91. The monoisotopic (exact) mass is 332 g/mol. The van der Waals surface area contributed by atoms with Crippen LogP contribution >= 0.6 is 0 Å². The van der Waals surface area contributed by atoms with E-state index in [0.29, 0.717) is 23.3 Å². The van der Waals surface area contributed by atoms with Crippen molar-refractivity contribution in [3.63, 3.8) is 0 Å². The van der Waals surface area contributed by atoms with E-state index in [1.165, 1.54) is 17.5 Å². The Morgan fingerprint density at radius 3 is 2.58 bits per heavy atom.